The van der Waals surface area contributed by atoms with Crippen LogP contribution in [0.5, 0.6) is 0 Å². The molecule has 1 heteroatoms. The summed E-state index contributed by atoms with van der Waals surface area (Å²) in [6.45, 7) is 2.80. The lowest BCUT2D eigenvalue weighted by atomic mass is 10.0. The minimum atomic E-state index is 0.617. The van der Waals surface area contributed by atoms with Crippen molar-refractivity contribution < 1.29 is 0 Å². The number of hydrogen-bond donors (Lipinski definition) is 1. The fraction of sp³-hybridized carbons (Fsp3) is 0.231. The van der Waals surface area contributed by atoms with Crippen LogP contribution >= 0.6 is 0 Å². The van der Waals surface area contributed by atoms with Gasteiger partial charge in [0.1, 0.15) is 0 Å². The number of aryl methyl sites for hydroxylation is 1. The smallest absolute Gasteiger partial charge is 0.0178 e. The van der Waals surface area contributed by atoms with Crippen LogP contribution in [0, 0.1) is 0 Å². The molecule has 2 N–H and O–H groups in total. The molecule has 0 amide bonds. The van der Waals surface area contributed by atoms with E-state index in [-0.39, 0.29) is 0 Å². The summed E-state index contributed by atoms with van der Waals surface area (Å²) in [4.78, 5) is 0. The summed E-state index contributed by atoms with van der Waals surface area (Å²) >= 11 is 0. The van der Waals surface area contributed by atoms with Crippen molar-refractivity contribution in [3.8, 4) is 0 Å². The molecule has 0 aliphatic rings. The van der Waals surface area contributed by atoms with E-state index >= 15 is 0 Å². The zero-order chi connectivity index (χ0) is 9.97. The highest BCUT2D eigenvalue weighted by molar-refractivity contribution is 5.86. The van der Waals surface area contributed by atoms with Crippen molar-refractivity contribution in [2.45, 2.75) is 19.9 Å². The first-order chi connectivity index (χ1) is 6.85. The molecule has 2 rings (SSSR count). The molecule has 1 nitrogen and oxygen atoms in total. The molecule has 2 aromatic carbocycles. The molecule has 0 aliphatic carbocycles. The van der Waals surface area contributed by atoms with Crippen molar-refractivity contribution in [3.63, 3.8) is 0 Å². The highest BCUT2D eigenvalue weighted by atomic mass is 14.5. The molecule has 72 valence electrons. The Kier molecular flexibility index (Phi) is 2.51. The largest absolute Gasteiger partial charge is 0.326 e. The Labute approximate surface area is 84.5 Å². The van der Waals surface area contributed by atoms with Crippen LogP contribution in [-0.4, -0.2) is 0 Å². The Morgan fingerprint density at radius 2 is 2.00 bits per heavy atom. The van der Waals surface area contributed by atoms with Crippen molar-refractivity contribution in [2.24, 2.45) is 5.73 Å². The van der Waals surface area contributed by atoms with Gasteiger partial charge in [-0.25, -0.2) is 0 Å². The van der Waals surface area contributed by atoms with Gasteiger partial charge in [-0.1, -0.05) is 37.3 Å². The normalized spacial score (nSPS) is 10.7. The van der Waals surface area contributed by atoms with Gasteiger partial charge in [0.05, 0.1) is 0 Å². The van der Waals surface area contributed by atoms with Gasteiger partial charge in [0, 0.05) is 6.54 Å². The molecule has 0 heterocycles. The molecule has 0 fully saturated rings. The number of benzene rings is 2. The Balaban J connectivity index is 2.67. The first-order valence-electron chi connectivity index (χ1n) is 5.05. The topological polar surface area (TPSA) is 26.0 Å². The molecule has 0 saturated carbocycles. The van der Waals surface area contributed by atoms with Crippen LogP contribution in [0.3, 0.4) is 0 Å². The van der Waals surface area contributed by atoms with Crippen LogP contribution in [0.1, 0.15) is 18.1 Å². The van der Waals surface area contributed by atoms with Crippen molar-refractivity contribution >= 4 is 10.8 Å². The van der Waals surface area contributed by atoms with Gasteiger partial charge in [-0.05, 0) is 34.4 Å². The van der Waals surface area contributed by atoms with Crippen molar-refractivity contribution in [3.05, 3.63) is 47.5 Å². The molecule has 0 aliphatic heterocycles. The van der Waals surface area contributed by atoms with E-state index in [2.05, 4.69) is 43.3 Å². The van der Waals surface area contributed by atoms with E-state index in [1.54, 1.807) is 0 Å². The summed E-state index contributed by atoms with van der Waals surface area (Å²) in [7, 11) is 0. The molecular weight excluding hydrogens is 170 g/mol. The first kappa shape index (κ1) is 9.22. The van der Waals surface area contributed by atoms with E-state index < -0.39 is 0 Å². The van der Waals surface area contributed by atoms with Crippen molar-refractivity contribution in [1.29, 1.82) is 0 Å². The second-order valence-corrected chi connectivity index (χ2v) is 3.53. The number of fused-ring (bicyclic) bond motifs is 1. The highest BCUT2D eigenvalue weighted by Gasteiger charge is 1.99. The molecule has 0 atom stereocenters. The Bertz CT molecular complexity index is 446. The number of hydrogen-bond acceptors (Lipinski definition) is 1. The predicted molar refractivity (Wildman–Crippen MR) is 61.2 cm³/mol. The summed E-state index contributed by atoms with van der Waals surface area (Å²) in [5.74, 6) is 0. The molecule has 0 bridgehead atoms. The van der Waals surface area contributed by atoms with Gasteiger partial charge in [0.25, 0.3) is 0 Å². The lowest BCUT2D eigenvalue weighted by molar-refractivity contribution is 1.07. The third kappa shape index (κ3) is 1.51. The Hall–Kier alpha value is -1.34. The lowest BCUT2D eigenvalue weighted by Gasteiger charge is -2.05. The lowest BCUT2D eigenvalue weighted by Crippen LogP contribution is -1.95. The molecule has 14 heavy (non-hydrogen) atoms. The highest BCUT2D eigenvalue weighted by Crippen LogP contribution is 2.20. The minimum Gasteiger partial charge on any atom is -0.326 e. The molecule has 0 aromatic heterocycles. The maximum Gasteiger partial charge on any atom is 0.0178 e. The van der Waals surface area contributed by atoms with Crippen LogP contribution in [0.4, 0.5) is 0 Å². The molecule has 0 radical (unpaired) electrons. The van der Waals surface area contributed by atoms with Gasteiger partial charge in [0.2, 0.25) is 0 Å². The quantitative estimate of drug-likeness (QED) is 0.765. The van der Waals surface area contributed by atoms with E-state index in [0.29, 0.717) is 6.54 Å². The minimum absolute atomic E-state index is 0.617. The average molecular weight is 185 g/mol. The van der Waals surface area contributed by atoms with Gasteiger partial charge < -0.3 is 5.73 Å². The fourth-order valence-electron chi connectivity index (χ4n) is 1.84. The fourth-order valence-corrected chi connectivity index (χ4v) is 1.84. The number of nitrogens with two attached hydrogens (primary N) is 1. The summed E-state index contributed by atoms with van der Waals surface area (Å²) in [6, 6.07) is 12.9. The SMILES string of the molecule is CCc1cccc2cc(CN)ccc12. The van der Waals surface area contributed by atoms with E-state index in [1.807, 2.05) is 0 Å². The van der Waals surface area contributed by atoms with Crippen molar-refractivity contribution in [2.75, 3.05) is 0 Å². The van der Waals surface area contributed by atoms with Crippen LogP contribution < -0.4 is 5.73 Å². The third-order valence-electron chi connectivity index (χ3n) is 2.65. The summed E-state index contributed by atoms with van der Waals surface area (Å²) in [5, 5.41) is 2.65. The van der Waals surface area contributed by atoms with E-state index in [0.717, 1.165) is 6.42 Å². The molecule has 0 unspecified atom stereocenters. The zero-order valence-electron chi connectivity index (χ0n) is 8.46. The molecule has 0 spiro atoms. The van der Waals surface area contributed by atoms with Crippen molar-refractivity contribution in [1.82, 2.24) is 0 Å². The summed E-state index contributed by atoms with van der Waals surface area (Å²) < 4.78 is 0. The van der Waals surface area contributed by atoms with Crippen LogP contribution in [0.25, 0.3) is 10.8 Å². The maximum atomic E-state index is 5.61. The summed E-state index contributed by atoms with van der Waals surface area (Å²) in [5.41, 5.74) is 8.22. The van der Waals surface area contributed by atoms with E-state index in [1.165, 1.54) is 21.9 Å². The first-order valence-corrected chi connectivity index (χ1v) is 5.05. The van der Waals surface area contributed by atoms with Crippen LogP contribution in [-0.2, 0) is 13.0 Å². The van der Waals surface area contributed by atoms with E-state index in [9.17, 15) is 0 Å². The zero-order valence-corrected chi connectivity index (χ0v) is 8.46. The molecule has 2 aromatic rings. The van der Waals surface area contributed by atoms with E-state index in [4.69, 9.17) is 5.73 Å². The standard InChI is InChI=1S/C13H15N/c1-2-11-4-3-5-12-8-10(9-14)6-7-13(11)12/h3-8H,2,9,14H2,1H3. The third-order valence-corrected chi connectivity index (χ3v) is 2.65. The monoisotopic (exact) mass is 185 g/mol. The van der Waals surface area contributed by atoms with Gasteiger partial charge >= 0.3 is 0 Å². The second-order valence-electron chi connectivity index (χ2n) is 3.53. The molecular formula is C13H15N. The van der Waals surface area contributed by atoms with Crippen LogP contribution in [0.15, 0.2) is 36.4 Å². The molecule has 0 saturated heterocycles. The Morgan fingerprint density at radius 1 is 1.14 bits per heavy atom. The van der Waals surface area contributed by atoms with Crippen LogP contribution in [0.2, 0.25) is 0 Å². The maximum absolute atomic E-state index is 5.61. The second kappa shape index (κ2) is 3.81. The van der Waals surface area contributed by atoms with Gasteiger partial charge in [-0.15, -0.1) is 0 Å². The van der Waals surface area contributed by atoms with Gasteiger partial charge in [-0.2, -0.15) is 0 Å². The average Bonchev–Trinajstić information content (AvgIpc) is 2.27. The van der Waals surface area contributed by atoms with Gasteiger partial charge in [-0.3, -0.25) is 0 Å². The Morgan fingerprint density at radius 3 is 2.71 bits per heavy atom. The van der Waals surface area contributed by atoms with Gasteiger partial charge in [0.15, 0.2) is 0 Å². The predicted octanol–water partition coefficient (Wildman–Crippen LogP) is 2.86. The summed E-state index contributed by atoms with van der Waals surface area (Å²) in [6.07, 6.45) is 1.08. The number of rotatable bonds is 2.